The summed E-state index contributed by atoms with van der Waals surface area (Å²) in [6, 6.07) is 5.21. The molecule has 190 valence electrons. The van der Waals surface area contributed by atoms with E-state index in [2.05, 4.69) is 18.7 Å². The highest BCUT2D eigenvalue weighted by Gasteiger charge is 2.33. The number of methoxy groups -OCH3 is 1. The smallest absolute Gasteiger partial charge is 0.246 e. The summed E-state index contributed by atoms with van der Waals surface area (Å²) in [6.07, 6.45) is 2.54. The second kappa shape index (κ2) is 10.9. The number of likely N-dealkylation sites (tertiary alicyclic amines) is 1. The Morgan fingerprint density at radius 2 is 1.82 bits per heavy atom. The number of sulfonamides is 1. The largest absolute Gasteiger partial charge is 0.495 e. The molecule has 3 atom stereocenters. The number of rotatable bonds is 7. The highest BCUT2D eigenvalue weighted by molar-refractivity contribution is 7.89. The average molecular weight is 496 g/mol. The van der Waals surface area contributed by atoms with Gasteiger partial charge in [0.15, 0.2) is 0 Å². The van der Waals surface area contributed by atoms with Crippen molar-refractivity contribution in [2.75, 3.05) is 59.6 Å². The van der Waals surface area contributed by atoms with Crippen LogP contribution in [0.2, 0.25) is 0 Å². The second-order valence-electron chi connectivity index (χ2n) is 9.54. The molecule has 3 saturated heterocycles. The lowest BCUT2D eigenvalue weighted by Gasteiger charge is -2.38. The van der Waals surface area contributed by atoms with Crippen molar-refractivity contribution in [3.63, 3.8) is 0 Å². The van der Waals surface area contributed by atoms with E-state index >= 15 is 0 Å². The third kappa shape index (κ3) is 5.73. The lowest BCUT2D eigenvalue weighted by atomic mass is 10.1. The molecule has 10 heteroatoms. The number of carbonyl (C=O) groups is 1. The van der Waals surface area contributed by atoms with Crippen LogP contribution in [-0.2, 0) is 30.7 Å². The van der Waals surface area contributed by atoms with Crippen molar-refractivity contribution in [1.29, 1.82) is 0 Å². The fourth-order valence-electron chi connectivity index (χ4n) is 5.32. The van der Waals surface area contributed by atoms with Crippen molar-refractivity contribution in [3.8, 4) is 5.75 Å². The van der Waals surface area contributed by atoms with E-state index in [4.69, 9.17) is 14.2 Å². The van der Waals surface area contributed by atoms with E-state index in [0.29, 0.717) is 31.9 Å². The molecule has 1 amide bonds. The number of nitrogens with zero attached hydrogens (tertiary/aromatic N) is 3. The number of ether oxygens (including phenoxy) is 3. The first kappa shape index (κ1) is 25.4. The van der Waals surface area contributed by atoms with Gasteiger partial charge in [0.25, 0.3) is 0 Å². The van der Waals surface area contributed by atoms with Gasteiger partial charge in [-0.2, -0.15) is 4.31 Å². The number of carbonyl (C=O) groups excluding carboxylic acids is 1. The van der Waals surface area contributed by atoms with Crippen LogP contribution in [0, 0.1) is 0 Å². The number of morpholine rings is 2. The Morgan fingerprint density at radius 1 is 1.12 bits per heavy atom. The molecule has 0 aromatic heterocycles. The molecule has 0 radical (unpaired) electrons. The highest BCUT2D eigenvalue weighted by Crippen LogP contribution is 2.29. The van der Waals surface area contributed by atoms with Gasteiger partial charge in [-0.05, 0) is 44.4 Å². The monoisotopic (exact) mass is 495 g/mol. The molecule has 0 unspecified atom stereocenters. The van der Waals surface area contributed by atoms with Crippen molar-refractivity contribution >= 4 is 15.9 Å². The van der Waals surface area contributed by atoms with Gasteiger partial charge < -0.3 is 19.1 Å². The molecule has 3 aliphatic heterocycles. The molecule has 0 bridgehead atoms. The predicted molar refractivity (Wildman–Crippen MR) is 127 cm³/mol. The zero-order valence-electron chi connectivity index (χ0n) is 20.4. The normalized spacial score (nSPS) is 27.1. The van der Waals surface area contributed by atoms with Gasteiger partial charge in [-0.3, -0.25) is 9.69 Å². The molecule has 9 nitrogen and oxygen atoms in total. The third-order valence-electron chi connectivity index (χ3n) is 6.83. The minimum absolute atomic E-state index is 0.0387. The summed E-state index contributed by atoms with van der Waals surface area (Å²) in [7, 11) is -2.28. The van der Waals surface area contributed by atoms with Gasteiger partial charge in [0.1, 0.15) is 10.6 Å². The van der Waals surface area contributed by atoms with Crippen LogP contribution >= 0.6 is 0 Å². The van der Waals surface area contributed by atoms with Crippen LogP contribution in [0.4, 0.5) is 0 Å². The molecule has 3 heterocycles. The van der Waals surface area contributed by atoms with E-state index in [1.807, 2.05) is 4.90 Å². The van der Waals surface area contributed by atoms with Gasteiger partial charge in [0.05, 0.1) is 39.0 Å². The molecule has 0 spiro atoms. The lowest BCUT2D eigenvalue weighted by molar-refractivity contribution is -0.132. The standard InChI is InChI=1S/C24H37N3O6S/c1-18-15-25(16-19(2)33-18)17-21-5-4-8-27(21)24(28)14-20-6-7-22(31-3)23(13-20)34(29,30)26-9-11-32-12-10-26/h6-7,13,18-19,21H,4-5,8-12,14-17H2,1-3H3/t18-,19+,21-/m0/s1. The Bertz CT molecular complexity index is 955. The molecule has 1 aromatic rings. The van der Waals surface area contributed by atoms with Crippen LogP contribution in [0.5, 0.6) is 5.75 Å². The lowest BCUT2D eigenvalue weighted by Crippen LogP contribution is -2.51. The third-order valence-corrected chi connectivity index (χ3v) is 8.75. The maximum atomic E-state index is 13.3. The summed E-state index contributed by atoms with van der Waals surface area (Å²) in [5, 5.41) is 0. The second-order valence-corrected chi connectivity index (χ2v) is 11.4. The van der Waals surface area contributed by atoms with E-state index in [9.17, 15) is 13.2 Å². The average Bonchev–Trinajstić information content (AvgIpc) is 3.27. The maximum absolute atomic E-state index is 13.3. The first-order valence-corrected chi connectivity index (χ1v) is 13.6. The van der Waals surface area contributed by atoms with Crippen LogP contribution in [-0.4, -0.2) is 106 Å². The van der Waals surface area contributed by atoms with Gasteiger partial charge in [-0.25, -0.2) is 8.42 Å². The van der Waals surface area contributed by atoms with Gasteiger partial charge in [0, 0.05) is 45.3 Å². The van der Waals surface area contributed by atoms with Crippen molar-refractivity contribution < 1.29 is 27.4 Å². The quantitative estimate of drug-likeness (QED) is 0.564. The number of benzene rings is 1. The minimum atomic E-state index is -3.74. The summed E-state index contributed by atoms with van der Waals surface area (Å²) in [5.74, 6) is 0.328. The van der Waals surface area contributed by atoms with Crippen LogP contribution in [0.1, 0.15) is 32.3 Å². The van der Waals surface area contributed by atoms with Crippen molar-refractivity contribution in [2.45, 2.75) is 56.3 Å². The molecular weight excluding hydrogens is 458 g/mol. The van der Waals surface area contributed by atoms with Gasteiger partial charge in [-0.15, -0.1) is 0 Å². The molecular formula is C24H37N3O6S. The SMILES string of the molecule is COc1ccc(CC(=O)N2CCC[C@H]2CN2C[C@@H](C)O[C@@H](C)C2)cc1S(=O)(=O)N1CCOCC1. The zero-order chi connectivity index (χ0) is 24.3. The van der Waals surface area contributed by atoms with Crippen molar-refractivity contribution in [3.05, 3.63) is 23.8 Å². The summed E-state index contributed by atoms with van der Waals surface area (Å²) in [5.41, 5.74) is 0.678. The molecule has 4 rings (SSSR count). The molecule has 1 aromatic carbocycles. The fourth-order valence-corrected chi connectivity index (χ4v) is 6.93. The Balaban J connectivity index is 1.46. The van der Waals surface area contributed by atoms with Gasteiger partial charge >= 0.3 is 0 Å². The Morgan fingerprint density at radius 3 is 2.50 bits per heavy atom. The minimum Gasteiger partial charge on any atom is -0.495 e. The number of hydrogen-bond acceptors (Lipinski definition) is 7. The molecule has 34 heavy (non-hydrogen) atoms. The number of amides is 1. The Kier molecular flexibility index (Phi) is 8.14. The van der Waals surface area contributed by atoms with E-state index < -0.39 is 10.0 Å². The summed E-state index contributed by atoms with van der Waals surface area (Å²) in [6.45, 7) is 8.89. The summed E-state index contributed by atoms with van der Waals surface area (Å²) >= 11 is 0. The van der Waals surface area contributed by atoms with Gasteiger partial charge in [0.2, 0.25) is 15.9 Å². The predicted octanol–water partition coefficient (Wildman–Crippen LogP) is 1.36. The zero-order valence-corrected chi connectivity index (χ0v) is 21.3. The first-order chi connectivity index (χ1) is 16.3. The molecule has 3 fully saturated rings. The fraction of sp³-hybridized carbons (Fsp3) is 0.708. The molecule has 0 aliphatic carbocycles. The highest BCUT2D eigenvalue weighted by atomic mass is 32.2. The van der Waals surface area contributed by atoms with E-state index in [1.54, 1.807) is 18.2 Å². The van der Waals surface area contributed by atoms with Gasteiger partial charge in [-0.1, -0.05) is 6.07 Å². The van der Waals surface area contributed by atoms with E-state index in [0.717, 1.165) is 39.0 Å². The molecule has 0 saturated carbocycles. The Labute approximate surface area is 203 Å². The van der Waals surface area contributed by atoms with Crippen LogP contribution in [0.15, 0.2) is 23.1 Å². The topological polar surface area (TPSA) is 88.6 Å². The van der Waals surface area contributed by atoms with E-state index in [-0.39, 0.29) is 41.2 Å². The van der Waals surface area contributed by atoms with E-state index in [1.165, 1.54) is 11.4 Å². The van der Waals surface area contributed by atoms with Crippen LogP contribution in [0.3, 0.4) is 0 Å². The van der Waals surface area contributed by atoms with Crippen LogP contribution in [0.25, 0.3) is 0 Å². The number of hydrogen-bond donors (Lipinski definition) is 0. The summed E-state index contributed by atoms with van der Waals surface area (Å²) in [4.78, 5) is 17.8. The van der Waals surface area contributed by atoms with Crippen LogP contribution < -0.4 is 4.74 Å². The Hall–Kier alpha value is -1.72. The van der Waals surface area contributed by atoms with Crippen molar-refractivity contribution in [1.82, 2.24) is 14.1 Å². The summed E-state index contributed by atoms with van der Waals surface area (Å²) < 4.78 is 44.4. The molecule has 3 aliphatic rings. The van der Waals surface area contributed by atoms with Crippen molar-refractivity contribution in [2.24, 2.45) is 0 Å². The maximum Gasteiger partial charge on any atom is 0.246 e. The molecule has 0 N–H and O–H groups in total. The first-order valence-electron chi connectivity index (χ1n) is 12.2.